The van der Waals surface area contributed by atoms with Crippen LogP contribution in [0.4, 0.5) is 5.69 Å². The molecule has 46 heavy (non-hydrogen) atoms. The van der Waals surface area contributed by atoms with E-state index < -0.39 is 10.1 Å². The van der Waals surface area contributed by atoms with E-state index in [0.717, 1.165) is 62.0 Å². The molecule has 9 heteroatoms. The first kappa shape index (κ1) is 39.4. The SMILES string of the molecule is CCCCCCCCCCCCCC(=O)NCCCC[N+](C)(CN1CCCC1=O)c1ccccc1.Cc1ccc(S(=O)(=O)[O-])cc1. The van der Waals surface area contributed by atoms with Gasteiger partial charge < -0.3 is 9.87 Å². The van der Waals surface area contributed by atoms with Gasteiger partial charge in [0, 0.05) is 25.9 Å². The van der Waals surface area contributed by atoms with E-state index in [9.17, 15) is 22.6 Å². The van der Waals surface area contributed by atoms with Crippen LogP contribution in [0.25, 0.3) is 0 Å². The summed E-state index contributed by atoms with van der Waals surface area (Å²) in [6.07, 6.45) is 18.7. The highest BCUT2D eigenvalue weighted by atomic mass is 32.2. The Bertz CT molecular complexity index is 1240. The summed E-state index contributed by atoms with van der Waals surface area (Å²) < 4.78 is 31.9. The third kappa shape index (κ3) is 16.2. The second-order valence-electron chi connectivity index (χ2n) is 13.0. The molecule has 1 fully saturated rings. The van der Waals surface area contributed by atoms with Gasteiger partial charge in [-0.1, -0.05) is 107 Å². The molecule has 0 aromatic heterocycles. The fourth-order valence-electron chi connectivity index (χ4n) is 5.86. The van der Waals surface area contributed by atoms with Crippen LogP contribution in [0, 0.1) is 6.92 Å². The van der Waals surface area contributed by atoms with Gasteiger partial charge in [0.15, 0.2) is 6.67 Å². The van der Waals surface area contributed by atoms with Crippen LogP contribution >= 0.6 is 0 Å². The summed E-state index contributed by atoms with van der Waals surface area (Å²) in [5.41, 5.74) is 2.17. The number of likely N-dealkylation sites (tertiary alicyclic amines) is 1. The molecule has 1 unspecified atom stereocenters. The molecule has 1 N–H and O–H groups in total. The van der Waals surface area contributed by atoms with Crippen molar-refractivity contribution in [2.45, 2.75) is 121 Å². The van der Waals surface area contributed by atoms with Crippen molar-refractivity contribution in [2.24, 2.45) is 0 Å². The van der Waals surface area contributed by atoms with Crippen LogP contribution in [0.2, 0.25) is 0 Å². The van der Waals surface area contributed by atoms with Gasteiger partial charge in [-0.3, -0.25) is 19.0 Å². The number of nitrogens with zero attached hydrogens (tertiary/aromatic N) is 2. The average molecular weight is 658 g/mol. The summed E-state index contributed by atoms with van der Waals surface area (Å²) in [5.74, 6) is 0.476. The largest absolute Gasteiger partial charge is 0.744 e. The maximum Gasteiger partial charge on any atom is 0.226 e. The van der Waals surface area contributed by atoms with Crippen molar-refractivity contribution in [2.75, 3.05) is 33.4 Å². The van der Waals surface area contributed by atoms with E-state index in [-0.39, 0.29) is 16.7 Å². The Labute approximate surface area is 279 Å². The van der Waals surface area contributed by atoms with Gasteiger partial charge in [-0.15, -0.1) is 0 Å². The number of hydrogen-bond donors (Lipinski definition) is 1. The van der Waals surface area contributed by atoms with E-state index in [4.69, 9.17) is 0 Å². The Kier molecular flexibility index (Phi) is 18.8. The van der Waals surface area contributed by atoms with Crippen molar-refractivity contribution >= 4 is 27.6 Å². The number of carbonyl (C=O) groups is 2. The van der Waals surface area contributed by atoms with Crippen LogP contribution in [-0.2, 0) is 19.7 Å². The molecule has 0 radical (unpaired) electrons. The van der Waals surface area contributed by atoms with Gasteiger partial charge in [0.1, 0.15) is 15.8 Å². The molecule has 1 heterocycles. The van der Waals surface area contributed by atoms with E-state index in [1.165, 1.54) is 82.0 Å². The molecule has 2 amide bonds. The van der Waals surface area contributed by atoms with Crippen molar-refractivity contribution in [1.29, 1.82) is 0 Å². The smallest absolute Gasteiger partial charge is 0.226 e. The second-order valence-corrected chi connectivity index (χ2v) is 14.3. The summed E-state index contributed by atoms with van der Waals surface area (Å²) in [6, 6.07) is 16.3. The number of hydrogen-bond acceptors (Lipinski definition) is 5. The van der Waals surface area contributed by atoms with E-state index >= 15 is 0 Å². The highest BCUT2D eigenvalue weighted by Gasteiger charge is 2.31. The fourth-order valence-corrected chi connectivity index (χ4v) is 6.33. The number of rotatable bonds is 21. The topological polar surface area (TPSA) is 107 Å². The standard InChI is InChI=1S/C30H51N3O2.C7H8O3S/c1-3-4-5-6-7-8-9-10-11-12-16-22-29(34)31-24-17-18-26-33(2,28-20-14-13-15-21-28)27-32-25-19-23-30(32)35;1-6-2-4-7(5-3-6)11(8,9)10/h13-15,20-21H,3-12,16-19,22-27H2,1-2H3;2-5H,1H3,(H,8,9,10). The summed E-state index contributed by atoms with van der Waals surface area (Å²) >= 11 is 0. The second kappa shape index (κ2) is 21.9. The first-order chi connectivity index (χ1) is 22.0. The van der Waals surface area contributed by atoms with Crippen LogP contribution in [-0.4, -0.2) is 63.0 Å². The quantitative estimate of drug-likeness (QED) is 0.0841. The molecule has 0 saturated carbocycles. The molecule has 8 nitrogen and oxygen atoms in total. The lowest BCUT2D eigenvalue weighted by molar-refractivity contribution is -0.129. The van der Waals surface area contributed by atoms with Crippen LogP contribution in [0.15, 0.2) is 59.5 Å². The van der Waals surface area contributed by atoms with Gasteiger partial charge in [0.25, 0.3) is 0 Å². The lowest BCUT2D eigenvalue weighted by atomic mass is 10.1. The molecular formula is C37H59N3O5S. The van der Waals surface area contributed by atoms with Crippen molar-refractivity contribution in [3.8, 4) is 0 Å². The van der Waals surface area contributed by atoms with E-state index in [1.54, 1.807) is 12.1 Å². The molecule has 2 aromatic carbocycles. The fraction of sp³-hybridized carbons (Fsp3) is 0.622. The first-order valence-corrected chi connectivity index (χ1v) is 18.9. The third-order valence-electron chi connectivity index (χ3n) is 8.75. The van der Waals surface area contributed by atoms with E-state index in [0.29, 0.717) is 12.8 Å². The molecule has 3 rings (SSSR count). The van der Waals surface area contributed by atoms with Gasteiger partial charge in [0.05, 0.1) is 18.5 Å². The van der Waals surface area contributed by atoms with Crippen LogP contribution in [0.3, 0.4) is 0 Å². The first-order valence-electron chi connectivity index (χ1n) is 17.5. The molecular weight excluding hydrogens is 598 g/mol. The van der Waals surface area contributed by atoms with Gasteiger partial charge in [0.2, 0.25) is 11.8 Å². The number of amides is 2. The molecule has 0 aliphatic carbocycles. The van der Waals surface area contributed by atoms with Crippen molar-refractivity contribution in [1.82, 2.24) is 14.7 Å². The number of quaternary nitrogens is 1. The lowest BCUT2D eigenvalue weighted by Crippen LogP contribution is -2.53. The zero-order valence-electron chi connectivity index (χ0n) is 28.7. The number of aryl methyl sites for hydroxylation is 1. The zero-order chi connectivity index (χ0) is 33.7. The Morgan fingerprint density at radius 1 is 0.848 bits per heavy atom. The van der Waals surface area contributed by atoms with Crippen LogP contribution in [0.5, 0.6) is 0 Å². The summed E-state index contributed by atoms with van der Waals surface area (Å²) in [5, 5.41) is 3.11. The van der Waals surface area contributed by atoms with E-state index in [2.05, 4.69) is 43.6 Å². The number of benzene rings is 2. The van der Waals surface area contributed by atoms with Gasteiger partial charge in [-0.05, 0) is 56.9 Å². The van der Waals surface area contributed by atoms with E-state index in [1.807, 2.05) is 17.9 Å². The predicted molar refractivity (Wildman–Crippen MR) is 187 cm³/mol. The Morgan fingerprint density at radius 3 is 1.98 bits per heavy atom. The maximum absolute atomic E-state index is 12.2. The minimum Gasteiger partial charge on any atom is -0.744 e. The molecule has 2 aromatic rings. The number of carbonyl (C=O) groups excluding carboxylic acids is 2. The van der Waals surface area contributed by atoms with Crippen LogP contribution in [0.1, 0.15) is 115 Å². The highest BCUT2D eigenvalue weighted by Crippen LogP contribution is 2.24. The summed E-state index contributed by atoms with van der Waals surface area (Å²) in [6.45, 7) is 7.39. The molecule has 258 valence electrons. The summed E-state index contributed by atoms with van der Waals surface area (Å²) in [7, 11) is -2.04. The number of unbranched alkanes of at least 4 members (excludes halogenated alkanes) is 11. The van der Waals surface area contributed by atoms with Gasteiger partial charge in [-0.2, -0.15) is 0 Å². The Balaban J connectivity index is 0.000000562. The summed E-state index contributed by atoms with van der Waals surface area (Å²) in [4.78, 5) is 26.3. The van der Waals surface area contributed by atoms with Gasteiger partial charge in [-0.25, -0.2) is 8.42 Å². The van der Waals surface area contributed by atoms with Crippen molar-refractivity contribution in [3.63, 3.8) is 0 Å². The molecule has 1 aliphatic heterocycles. The van der Waals surface area contributed by atoms with Crippen LogP contribution < -0.4 is 9.80 Å². The normalized spacial score (nSPS) is 14.4. The maximum atomic E-state index is 12.2. The van der Waals surface area contributed by atoms with Crippen molar-refractivity contribution in [3.05, 3.63) is 60.2 Å². The van der Waals surface area contributed by atoms with Gasteiger partial charge >= 0.3 is 0 Å². The average Bonchev–Trinajstić information content (AvgIpc) is 3.43. The lowest BCUT2D eigenvalue weighted by Gasteiger charge is -2.37. The monoisotopic (exact) mass is 657 g/mol. The molecule has 0 spiro atoms. The molecule has 1 atom stereocenters. The predicted octanol–water partition coefficient (Wildman–Crippen LogP) is 7.70. The number of nitrogens with one attached hydrogen (secondary N) is 1. The number of para-hydroxylation sites is 1. The molecule has 1 saturated heterocycles. The van der Waals surface area contributed by atoms with Crippen molar-refractivity contribution < 1.29 is 22.6 Å². The Hall–Kier alpha value is -2.75. The highest BCUT2D eigenvalue weighted by molar-refractivity contribution is 7.85. The molecule has 1 aliphatic rings. The molecule has 0 bridgehead atoms. The third-order valence-corrected chi connectivity index (χ3v) is 9.60. The minimum absolute atomic E-state index is 0.178. The minimum atomic E-state index is -4.27. The zero-order valence-corrected chi connectivity index (χ0v) is 29.5. The Morgan fingerprint density at radius 2 is 1.43 bits per heavy atom.